The molecule has 0 aliphatic carbocycles. The first-order valence-electron chi connectivity index (χ1n) is 8.03. The number of H-pyrrole nitrogens is 1. The average molecular weight is 376 g/mol. The number of halogens is 1. The van der Waals surface area contributed by atoms with Crippen molar-refractivity contribution in [1.29, 1.82) is 0 Å². The highest BCUT2D eigenvalue weighted by Gasteiger charge is 2.21. The van der Waals surface area contributed by atoms with Crippen molar-refractivity contribution in [3.63, 3.8) is 0 Å². The average Bonchev–Trinajstić information content (AvgIpc) is 2.91. The Bertz CT molecular complexity index is 1060. The standard InChI is InChI=1S/C18H18ClN3O2S/c1-22-8-7-18-16(11-22)15-10-14(5-6-17(15)20-18)25(23,24)21-13-4-2-3-12(19)9-13/h2-6,9-10,20-21H,7-8,11H2,1H3. The molecular formula is C18H18ClN3O2S. The molecule has 3 aromatic rings. The van der Waals surface area contributed by atoms with Crippen LogP contribution in [0.4, 0.5) is 5.69 Å². The lowest BCUT2D eigenvalue weighted by atomic mass is 10.1. The van der Waals surface area contributed by atoms with E-state index < -0.39 is 10.0 Å². The van der Waals surface area contributed by atoms with Crippen molar-refractivity contribution < 1.29 is 8.42 Å². The summed E-state index contributed by atoms with van der Waals surface area (Å²) in [6, 6.07) is 11.9. The molecule has 2 N–H and O–H groups in total. The normalized spacial score (nSPS) is 15.3. The number of nitrogens with zero attached hydrogens (tertiary/aromatic N) is 1. The third-order valence-corrected chi connectivity index (χ3v) is 6.14. The third-order valence-electron chi connectivity index (χ3n) is 4.52. The van der Waals surface area contributed by atoms with Crippen LogP contribution < -0.4 is 4.72 Å². The van der Waals surface area contributed by atoms with Crippen molar-refractivity contribution in [3.05, 3.63) is 58.7 Å². The molecule has 1 aliphatic rings. The number of likely N-dealkylation sites (N-methyl/N-ethyl adjacent to an activating group) is 1. The molecular weight excluding hydrogens is 358 g/mol. The molecule has 0 amide bonds. The molecule has 0 unspecified atom stereocenters. The van der Waals surface area contributed by atoms with E-state index in [0.29, 0.717) is 10.7 Å². The van der Waals surface area contributed by atoms with Crippen molar-refractivity contribution >= 4 is 38.2 Å². The Kier molecular flexibility index (Phi) is 3.98. The van der Waals surface area contributed by atoms with Crippen LogP contribution in [0.2, 0.25) is 5.02 Å². The van der Waals surface area contributed by atoms with Gasteiger partial charge in [-0.05, 0) is 49.0 Å². The van der Waals surface area contributed by atoms with E-state index in [9.17, 15) is 8.42 Å². The van der Waals surface area contributed by atoms with E-state index in [-0.39, 0.29) is 4.90 Å². The summed E-state index contributed by atoms with van der Waals surface area (Å²) in [5, 5.41) is 1.45. The van der Waals surface area contributed by atoms with Gasteiger partial charge in [0, 0.05) is 41.1 Å². The van der Waals surface area contributed by atoms with Gasteiger partial charge < -0.3 is 9.88 Å². The lowest BCUT2D eigenvalue weighted by Gasteiger charge is -2.22. The minimum atomic E-state index is -3.68. The molecule has 0 saturated heterocycles. The highest BCUT2D eigenvalue weighted by atomic mass is 35.5. The number of fused-ring (bicyclic) bond motifs is 3. The number of aromatic amines is 1. The van der Waals surface area contributed by atoms with E-state index in [0.717, 1.165) is 30.4 Å². The number of aromatic nitrogens is 1. The molecule has 25 heavy (non-hydrogen) atoms. The second-order valence-corrected chi connectivity index (χ2v) is 8.51. The van der Waals surface area contributed by atoms with E-state index in [1.54, 1.807) is 36.4 Å². The Morgan fingerprint density at radius 2 is 2.04 bits per heavy atom. The number of sulfonamides is 1. The molecule has 0 saturated carbocycles. The van der Waals surface area contributed by atoms with E-state index in [4.69, 9.17) is 11.6 Å². The Labute approximate surface area is 151 Å². The smallest absolute Gasteiger partial charge is 0.261 e. The molecule has 5 nitrogen and oxygen atoms in total. The second kappa shape index (κ2) is 6.05. The summed E-state index contributed by atoms with van der Waals surface area (Å²) >= 11 is 5.93. The van der Waals surface area contributed by atoms with Gasteiger partial charge in [0.1, 0.15) is 0 Å². The fourth-order valence-corrected chi connectivity index (χ4v) is 4.53. The van der Waals surface area contributed by atoms with Gasteiger partial charge >= 0.3 is 0 Å². The van der Waals surface area contributed by atoms with Gasteiger partial charge in [-0.25, -0.2) is 8.42 Å². The molecule has 0 atom stereocenters. The van der Waals surface area contributed by atoms with Crippen LogP contribution in [0.5, 0.6) is 0 Å². The van der Waals surface area contributed by atoms with Gasteiger partial charge in [0.2, 0.25) is 0 Å². The predicted octanol–water partition coefficient (Wildman–Crippen LogP) is 3.61. The van der Waals surface area contributed by atoms with Gasteiger partial charge in [-0.15, -0.1) is 0 Å². The van der Waals surface area contributed by atoms with Gasteiger partial charge in [0.25, 0.3) is 10.0 Å². The van der Waals surface area contributed by atoms with E-state index in [2.05, 4.69) is 21.7 Å². The maximum atomic E-state index is 12.7. The maximum Gasteiger partial charge on any atom is 0.261 e. The molecule has 0 bridgehead atoms. The second-order valence-electron chi connectivity index (χ2n) is 6.39. The predicted molar refractivity (Wildman–Crippen MR) is 101 cm³/mol. The fourth-order valence-electron chi connectivity index (χ4n) is 3.26. The monoisotopic (exact) mass is 375 g/mol. The van der Waals surface area contributed by atoms with Crippen molar-refractivity contribution in [2.45, 2.75) is 17.9 Å². The fraction of sp³-hybridized carbons (Fsp3) is 0.222. The van der Waals surface area contributed by atoms with Gasteiger partial charge in [-0.3, -0.25) is 4.72 Å². The minimum Gasteiger partial charge on any atom is -0.358 e. The molecule has 4 rings (SSSR count). The van der Waals surface area contributed by atoms with Crippen LogP contribution in [0.1, 0.15) is 11.3 Å². The Morgan fingerprint density at radius 1 is 1.20 bits per heavy atom. The Balaban J connectivity index is 1.74. The summed E-state index contributed by atoms with van der Waals surface area (Å²) in [5.41, 5.74) is 3.81. The van der Waals surface area contributed by atoms with Crippen LogP contribution in [-0.4, -0.2) is 31.9 Å². The zero-order valence-electron chi connectivity index (χ0n) is 13.7. The van der Waals surface area contributed by atoms with Gasteiger partial charge in [-0.1, -0.05) is 17.7 Å². The maximum absolute atomic E-state index is 12.7. The zero-order chi connectivity index (χ0) is 17.6. The summed E-state index contributed by atoms with van der Waals surface area (Å²) in [7, 11) is -1.60. The molecule has 130 valence electrons. The molecule has 1 aliphatic heterocycles. The topological polar surface area (TPSA) is 65.2 Å². The Morgan fingerprint density at radius 3 is 2.84 bits per heavy atom. The van der Waals surface area contributed by atoms with Crippen molar-refractivity contribution in [2.24, 2.45) is 0 Å². The molecule has 1 aromatic heterocycles. The molecule has 2 heterocycles. The van der Waals surface area contributed by atoms with Crippen LogP contribution in [0, 0.1) is 0 Å². The van der Waals surface area contributed by atoms with Gasteiger partial charge in [0.05, 0.1) is 10.6 Å². The molecule has 0 radical (unpaired) electrons. The third kappa shape index (κ3) is 3.13. The summed E-state index contributed by atoms with van der Waals surface area (Å²) in [4.78, 5) is 5.90. The number of benzene rings is 2. The summed E-state index contributed by atoms with van der Waals surface area (Å²) in [6.45, 7) is 1.82. The summed E-state index contributed by atoms with van der Waals surface area (Å²) in [6.07, 6.45) is 0.948. The highest BCUT2D eigenvalue weighted by molar-refractivity contribution is 7.92. The van der Waals surface area contributed by atoms with Crippen LogP contribution in [-0.2, 0) is 23.0 Å². The van der Waals surface area contributed by atoms with Crippen LogP contribution in [0.25, 0.3) is 10.9 Å². The number of hydrogen-bond acceptors (Lipinski definition) is 3. The van der Waals surface area contributed by atoms with Crippen LogP contribution in [0.3, 0.4) is 0 Å². The van der Waals surface area contributed by atoms with Gasteiger partial charge in [0.15, 0.2) is 0 Å². The van der Waals surface area contributed by atoms with Crippen molar-refractivity contribution in [2.75, 3.05) is 18.3 Å². The van der Waals surface area contributed by atoms with Crippen LogP contribution in [0.15, 0.2) is 47.4 Å². The van der Waals surface area contributed by atoms with E-state index in [1.807, 2.05) is 6.07 Å². The van der Waals surface area contributed by atoms with Gasteiger partial charge in [-0.2, -0.15) is 0 Å². The molecule has 0 fully saturated rings. The quantitative estimate of drug-likeness (QED) is 0.735. The lowest BCUT2D eigenvalue weighted by Crippen LogP contribution is -2.26. The molecule has 7 heteroatoms. The highest BCUT2D eigenvalue weighted by Crippen LogP contribution is 2.30. The van der Waals surface area contributed by atoms with Crippen molar-refractivity contribution in [3.8, 4) is 0 Å². The number of anilines is 1. The lowest BCUT2D eigenvalue weighted by molar-refractivity contribution is 0.313. The van der Waals surface area contributed by atoms with Crippen LogP contribution >= 0.6 is 11.6 Å². The number of rotatable bonds is 3. The van der Waals surface area contributed by atoms with E-state index in [1.165, 1.54) is 11.3 Å². The summed E-state index contributed by atoms with van der Waals surface area (Å²) in [5.74, 6) is 0. The SMILES string of the molecule is CN1CCc2[nH]c3ccc(S(=O)(=O)Nc4cccc(Cl)c4)cc3c2C1. The Hall–Kier alpha value is -2.02. The summed E-state index contributed by atoms with van der Waals surface area (Å²) < 4.78 is 28.1. The largest absolute Gasteiger partial charge is 0.358 e. The molecule has 2 aromatic carbocycles. The molecule has 0 spiro atoms. The number of nitrogens with one attached hydrogen (secondary N) is 2. The zero-order valence-corrected chi connectivity index (χ0v) is 15.3. The van der Waals surface area contributed by atoms with E-state index >= 15 is 0 Å². The first kappa shape index (κ1) is 16.4. The number of hydrogen-bond donors (Lipinski definition) is 2. The van der Waals surface area contributed by atoms with Crippen molar-refractivity contribution in [1.82, 2.24) is 9.88 Å². The minimum absolute atomic E-state index is 0.245. The first-order chi connectivity index (χ1) is 11.9. The first-order valence-corrected chi connectivity index (χ1v) is 9.89.